The van der Waals surface area contributed by atoms with Crippen LogP contribution in [-0.4, -0.2) is 31.1 Å². The highest BCUT2D eigenvalue weighted by atomic mass is 35.5. The fraction of sp³-hybridized carbons (Fsp3) is 0.588. The topological polar surface area (TPSA) is 39.1 Å². The average molecular weight is 344 g/mol. The maximum Gasteiger partial charge on any atom is 0.0991 e. The summed E-state index contributed by atoms with van der Waals surface area (Å²) in [5.74, 6) is 0. The number of piperazine rings is 1. The number of hydrogen-bond donors (Lipinski definition) is 1. The Morgan fingerprint density at radius 3 is 2.32 bits per heavy atom. The van der Waals surface area contributed by atoms with Crippen molar-refractivity contribution in [3.8, 4) is 6.07 Å². The lowest BCUT2D eigenvalue weighted by molar-refractivity contribution is 0.162. The van der Waals surface area contributed by atoms with Crippen LogP contribution in [0.5, 0.6) is 0 Å². The van der Waals surface area contributed by atoms with E-state index in [4.69, 9.17) is 5.26 Å². The van der Waals surface area contributed by atoms with E-state index < -0.39 is 0 Å². The third-order valence-corrected chi connectivity index (χ3v) is 4.10. The van der Waals surface area contributed by atoms with Gasteiger partial charge in [0.1, 0.15) is 0 Å². The number of nitriles is 1. The highest BCUT2D eigenvalue weighted by Gasteiger charge is 2.21. The second kappa shape index (κ2) is 11.7. The molecular weight excluding hydrogens is 317 g/mol. The summed E-state index contributed by atoms with van der Waals surface area (Å²) in [6, 6.07) is 10.9. The van der Waals surface area contributed by atoms with E-state index in [2.05, 4.69) is 35.3 Å². The first-order valence-electron chi connectivity index (χ1n) is 7.80. The zero-order valence-electron chi connectivity index (χ0n) is 13.3. The molecule has 1 aliphatic rings. The Kier molecular flexibility index (Phi) is 11.3. The molecule has 0 spiro atoms. The smallest absolute Gasteiger partial charge is 0.0991 e. The first kappa shape index (κ1) is 21.2. The zero-order chi connectivity index (χ0) is 14.2. The van der Waals surface area contributed by atoms with Gasteiger partial charge in [0, 0.05) is 32.2 Å². The van der Waals surface area contributed by atoms with Crippen LogP contribution in [0.2, 0.25) is 0 Å². The molecule has 0 saturated carbocycles. The molecule has 0 unspecified atom stereocenters. The molecule has 0 aliphatic carbocycles. The summed E-state index contributed by atoms with van der Waals surface area (Å²) in [7, 11) is 0. The normalized spacial score (nSPS) is 16.0. The fourth-order valence-corrected chi connectivity index (χ4v) is 2.92. The second-order valence-electron chi connectivity index (χ2n) is 5.53. The summed E-state index contributed by atoms with van der Waals surface area (Å²) in [5, 5.41) is 12.3. The minimum atomic E-state index is 0. The summed E-state index contributed by atoms with van der Waals surface area (Å²) in [4.78, 5) is 2.59. The molecule has 1 saturated heterocycles. The zero-order valence-corrected chi connectivity index (χ0v) is 14.9. The van der Waals surface area contributed by atoms with E-state index in [1.807, 2.05) is 12.1 Å². The van der Waals surface area contributed by atoms with Crippen molar-refractivity contribution >= 4 is 24.8 Å². The van der Waals surface area contributed by atoms with Crippen molar-refractivity contribution in [2.24, 2.45) is 0 Å². The van der Waals surface area contributed by atoms with Gasteiger partial charge in [-0.1, -0.05) is 38.3 Å². The maximum absolute atomic E-state index is 8.92. The summed E-state index contributed by atoms with van der Waals surface area (Å²) in [6.45, 7) is 6.66. The van der Waals surface area contributed by atoms with E-state index in [0.717, 1.165) is 31.7 Å². The van der Waals surface area contributed by atoms with E-state index in [1.54, 1.807) is 0 Å². The fourth-order valence-electron chi connectivity index (χ4n) is 2.92. The van der Waals surface area contributed by atoms with Gasteiger partial charge in [0.2, 0.25) is 0 Å². The summed E-state index contributed by atoms with van der Waals surface area (Å²) in [5.41, 5.74) is 2.11. The van der Waals surface area contributed by atoms with Crippen molar-refractivity contribution in [3.05, 3.63) is 35.4 Å². The van der Waals surface area contributed by atoms with Gasteiger partial charge in [-0.15, -0.1) is 24.8 Å². The monoisotopic (exact) mass is 343 g/mol. The number of unbranched alkanes of at least 4 members (excludes halogenated alkanes) is 2. The third kappa shape index (κ3) is 6.14. The summed E-state index contributed by atoms with van der Waals surface area (Å²) in [6.07, 6.45) is 5.07. The molecule has 1 heterocycles. The summed E-state index contributed by atoms with van der Waals surface area (Å²) >= 11 is 0. The van der Waals surface area contributed by atoms with Gasteiger partial charge >= 0.3 is 0 Å². The molecule has 1 aromatic rings. The summed E-state index contributed by atoms with van der Waals surface area (Å²) < 4.78 is 0. The molecule has 0 amide bonds. The van der Waals surface area contributed by atoms with Crippen LogP contribution in [0.4, 0.5) is 0 Å². The van der Waals surface area contributed by atoms with Crippen molar-refractivity contribution in [2.45, 2.75) is 38.6 Å². The molecule has 22 heavy (non-hydrogen) atoms. The predicted molar refractivity (Wildman–Crippen MR) is 97.0 cm³/mol. The Hall–Kier alpha value is -0.790. The van der Waals surface area contributed by atoms with E-state index in [1.165, 1.54) is 31.2 Å². The van der Waals surface area contributed by atoms with Crippen LogP contribution in [0, 0.1) is 11.3 Å². The molecule has 1 fully saturated rings. The number of hydrogen-bond acceptors (Lipinski definition) is 3. The number of benzene rings is 1. The van der Waals surface area contributed by atoms with Crippen molar-refractivity contribution in [1.82, 2.24) is 10.2 Å². The van der Waals surface area contributed by atoms with Crippen LogP contribution in [0.15, 0.2) is 24.3 Å². The molecule has 2 rings (SSSR count). The molecule has 124 valence electrons. The van der Waals surface area contributed by atoms with E-state index in [9.17, 15) is 0 Å². The molecule has 1 atom stereocenters. The molecular formula is C17H27Cl2N3. The van der Waals surface area contributed by atoms with Crippen LogP contribution >= 0.6 is 24.8 Å². The number of halogens is 2. The van der Waals surface area contributed by atoms with Gasteiger partial charge in [0.05, 0.1) is 11.6 Å². The lowest BCUT2D eigenvalue weighted by atomic mass is 9.97. The van der Waals surface area contributed by atoms with Crippen molar-refractivity contribution < 1.29 is 0 Å². The lowest BCUT2D eigenvalue weighted by Gasteiger charge is -2.35. The Bertz CT molecular complexity index is 436. The standard InChI is InChI=1S/C17H25N3.2ClH/c1-2-3-4-5-17(20-12-10-19-11-13-20)16-8-6-15(14-18)7-9-16;;/h6-9,17,19H,2-5,10-13H2,1H3;2*1H/t17-;;/m0../s1. The molecule has 1 N–H and O–H groups in total. The van der Waals surface area contributed by atoms with Crippen LogP contribution < -0.4 is 5.32 Å². The molecule has 1 aromatic carbocycles. The number of nitrogens with zero attached hydrogens (tertiary/aromatic N) is 2. The van der Waals surface area contributed by atoms with Gasteiger partial charge in [-0.25, -0.2) is 0 Å². The van der Waals surface area contributed by atoms with Crippen molar-refractivity contribution in [1.29, 1.82) is 5.26 Å². The Morgan fingerprint density at radius 1 is 1.14 bits per heavy atom. The van der Waals surface area contributed by atoms with Gasteiger partial charge in [0.15, 0.2) is 0 Å². The first-order chi connectivity index (χ1) is 9.85. The van der Waals surface area contributed by atoms with E-state index in [0.29, 0.717) is 6.04 Å². The van der Waals surface area contributed by atoms with Crippen LogP contribution in [-0.2, 0) is 0 Å². The van der Waals surface area contributed by atoms with E-state index >= 15 is 0 Å². The molecule has 1 aliphatic heterocycles. The average Bonchev–Trinajstić information content (AvgIpc) is 2.53. The second-order valence-corrected chi connectivity index (χ2v) is 5.53. The van der Waals surface area contributed by atoms with Gasteiger partial charge in [-0.2, -0.15) is 5.26 Å². The molecule has 0 aromatic heterocycles. The molecule has 0 bridgehead atoms. The maximum atomic E-state index is 8.92. The Balaban J connectivity index is 0.00000220. The largest absolute Gasteiger partial charge is 0.314 e. The third-order valence-electron chi connectivity index (χ3n) is 4.10. The Morgan fingerprint density at radius 2 is 1.77 bits per heavy atom. The van der Waals surface area contributed by atoms with Gasteiger partial charge in [-0.05, 0) is 24.1 Å². The first-order valence-corrected chi connectivity index (χ1v) is 7.80. The van der Waals surface area contributed by atoms with Crippen LogP contribution in [0.3, 0.4) is 0 Å². The van der Waals surface area contributed by atoms with E-state index in [-0.39, 0.29) is 24.8 Å². The van der Waals surface area contributed by atoms with Gasteiger partial charge < -0.3 is 5.32 Å². The molecule has 0 radical (unpaired) electrons. The van der Waals surface area contributed by atoms with Crippen molar-refractivity contribution in [3.63, 3.8) is 0 Å². The van der Waals surface area contributed by atoms with Gasteiger partial charge in [0.25, 0.3) is 0 Å². The highest BCUT2D eigenvalue weighted by molar-refractivity contribution is 5.85. The SMILES string of the molecule is CCCCC[C@@H](c1ccc(C#N)cc1)N1CCNCC1.Cl.Cl. The van der Waals surface area contributed by atoms with Crippen molar-refractivity contribution in [2.75, 3.05) is 26.2 Å². The number of rotatable bonds is 6. The van der Waals surface area contributed by atoms with Crippen LogP contribution in [0.25, 0.3) is 0 Å². The van der Waals surface area contributed by atoms with Gasteiger partial charge in [-0.3, -0.25) is 4.90 Å². The van der Waals surface area contributed by atoms with Crippen LogP contribution in [0.1, 0.15) is 49.8 Å². The highest BCUT2D eigenvalue weighted by Crippen LogP contribution is 2.27. The quantitative estimate of drug-likeness (QED) is 0.795. The minimum Gasteiger partial charge on any atom is -0.314 e. The Labute approximate surface area is 146 Å². The molecule has 3 nitrogen and oxygen atoms in total. The minimum absolute atomic E-state index is 0. The number of nitrogens with one attached hydrogen (secondary N) is 1. The molecule has 5 heteroatoms. The lowest BCUT2D eigenvalue weighted by Crippen LogP contribution is -2.45. The predicted octanol–water partition coefficient (Wildman–Crippen LogP) is 3.93.